The van der Waals surface area contributed by atoms with E-state index in [0.29, 0.717) is 5.82 Å². The van der Waals surface area contributed by atoms with Gasteiger partial charge in [0.1, 0.15) is 0 Å². The van der Waals surface area contributed by atoms with Gasteiger partial charge in [0.25, 0.3) is 0 Å². The Bertz CT molecular complexity index is 732. The van der Waals surface area contributed by atoms with E-state index in [1.165, 1.54) is 11.1 Å². The van der Waals surface area contributed by atoms with Gasteiger partial charge in [0.05, 0.1) is 0 Å². The van der Waals surface area contributed by atoms with E-state index in [4.69, 9.17) is 5.73 Å². The monoisotopic (exact) mass is 278 g/mol. The fourth-order valence-corrected chi connectivity index (χ4v) is 2.56. The van der Waals surface area contributed by atoms with Gasteiger partial charge in [-0.3, -0.25) is 10.1 Å². The number of anilines is 1. The Balaban J connectivity index is 1.86. The van der Waals surface area contributed by atoms with E-state index in [-0.39, 0.29) is 0 Å². The molecule has 0 amide bonds. The number of hydrogen-bond donors (Lipinski definition) is 2. The van der Waals surface area contributed by atoms with E-state index in [1.54, 1.807) is 6.20 Å². The molecule has 0 unspecified atom stereocenters. The number of aromatic amines is 1. The lowest BCUT2D eigenvalue weighted by Gasteiger charge is -2.06. The third-order valence-corrected chi connectivity index (χ3v) is 3.73. The number of nitrogens with zero attached hydrogens (tertiary/aromatic N) is 2. The van der Waals surface area contributed by atoms with Gasteiger partial charge < -0.3 is 5.73 Å². The standard InChI is InChI=1S/C17H18N4/c1-12-5-2-3-6-13(12)8-9-15-16(17(18)21-20-15)14-7-4-10-19-11-14/h2-7,10-11H,8-9H2,1H3,(H3,18,20,21). The van der Waals surface area contributed by atoms with Gasteiger partial charge in [0.15, 0.2) is 5.82 Å². The highest BCUT2D eigenvalue weighted by atomic mass is 15.2. The molecule has 3 aromatic rings. The van der Waals surface area contributed by atoms with Crippen LogP contribution >= 0.6 is 0 Å². The van der Waals surface area contributed by atoms with E-state index in [0.717, 1.165) is 29.7 Å². The first-order valence-electron chi connectivity index (χ1n) is 7.03. The molecule has 21 heavy (non-hydrogen) atoms. The lowest BCUT2D eigenvalue weighted by molar-refractivity contribution is 0.889. The van der Waals surface area contributed by atoms with E-state index in [1.807, 2.05) is 18.3 Å². The van der Waals surface area contributed by atoms with Crippen molar-refractivity contribution in [3.8, 4) is 11.1 Å². The zero-order valence-corrected chi connectivity index (χ0v) is 12.0. The fourth-order valence-electron chi connectivity index (χ4n) is 2.56. The van der Waals surface area contributed by atoms with Crippen molar-refractivity contribution in [2.45, 2.75) is 19.8 Å². The number of aromatic nitrogens is 3. The van der Waals surface area contributed by atoms with Crippen LogP contribution < -0.4 is 5.73 Å². The fraction of sp³-hybridized carbons (Fsp3) is 0.176. The van der Waals surface area contributed by atoms with Crippen LogP contribution in [0.1, 0.15) is 16.8 Å². The summed E-state index contributed by atoms with van der Waals surface area (Å²) in [6.45, 7) is 2.14. The molecule has 4 nitrogen and oxygen atoms in total. The molecule has 2 aromatic heterocycles. The molecule has 0 saturated carbocycles. The Morgan fingerprint density at radius 1 is 1.10 bits per heavy atom. The second-order valence-electron chi connectivity index (χ2n) is 5.13. The molecule has 0 aliphatic carbocycles. The zero-order chi connectivity index (χ0) is 14.7. The number of rotatable bonds is 4. The SMILES string of the molecule is Cc1ccccc1CCc1[nH]nc(N)c1-c1cccnc1. The van der Waals surface area contributed by atoms with Crippen LogP contribution in [-0.4, -0.2) is 15.2 Å². The average molecular weight is 278 g/mol. The molecule has 0 fully saturated rings. The first-order valence-corrected chi connectivity index (χ1v) is 7.03. The van der Waals surface area contributed by atoms with Crippen molar-refractivity contribution in [3.05, 3.63) is 65.6 Å². The third-order valence-electron chi connectivity index (χ3n) is 3.73. The van der Waals surface area contributed by atoms with Gasteiger partial charge in [-0.1, -0.05) is 30.3 Å². The molecule has 0 spiro atoms. The number of pyridine rings is 1. The van der Waals surface area contributed by atoms with Crippen LogP contribution in [0.4, 0.5) is 5.82 Å². The van der Waals surface area contributed by atoms with Crippen LogP contribution in [0.15, 0.2) is 48.8 Å². The molecule has 0 aliphatic heterocycles. The van der Waals surface area contributed by atoms with E-state index in [9.17, 15) is 0 Å². The number of hydrogen-bond acceptors (Lipinski definition) is 3. The maximum atomic E-state index is 6.00. The molecule has 0 atom stereocenters. The van der Waals surface area contributed by atoms with Crippen molar-refractivity contribution in [2.24, 2.45) is 0 Å². The number of nitrogens with two attached hydrogens (primary N) is 1. The number of H-pyrrole nitrogens is 1. The second kappa shape index (κ2) is 5.79. The van der Waals surface area contributed by atoms with Gasteiger partial charge in [0.2, 0.25) is 0 Å². The summed E-state index contributed by atoms with van der Waals surface area (Å²) in [7, 11) is 0. The Morgan fingerprint density at radius 2 is 1.95 bits per heavy atom. The predicted octanol–water partition coefficient (Wildman–Crippen LogP) is 3.15. The topological polar surface area (TPSA) is 67.6 Å². The van der Waals surface area contributed by atoms with Gasteiger partial charge in [-0.2, -0.15) is 5.10 Å². The number of nitrogens with one attached hydrogen (secondary N) is 1. The quantitative estimate of drug-likeness (QED) is 0.770. The molecule has 0 radical (unpaired) electrons. The maximum Gasteiger partial charge on any atom is 0.153 e. The maximum absolute atomic E-state index is 6.00. The summed E-state index contributed by atoms with van der Waals surface area (Å²) >= 11 is 0. The minimum Gasteiger partial charge on any atom is -0.382 e. The number of aryl methyl sites for hydroxylation is 3. The Labute approximate surface area is 124 Å². The largest absolute Gasteiger partial charge is 0.382 e. The van der Waals surface area contributed by atoms with Gasteiger partial charge >= 0.3 is 0 Å². The Hall–Kier alpha value is -2.62. The molecule has 106 valence electrons. The van der Waals surface area contributed by atoms with E-state index >= 15 is 0 Å². The number of nitrogen functional groups attached to an aromatic ring is 1. The molecule has 2 heterocycles. The molecular formula is C17H18N4. The van der Waals surface area contributed by atoms with E-state index in [2.05, 4.69) is 46.4 Å². The Kier molecular flexibility index (Phi) is 3.69. The van der Waals surface area contributed by atoms with Crippen molar-refractivity contribution >= 4 is 5.82 Å². The summed E-state index contributed by atoms with van der Waals surface area (Å²) < 4.78 is 0. The third kappa shape index (κ3) is 2.79. The van der Waals surface area contributed by atoms with Crippen LogP contribution in [-0.2, 0) is 12.8 Å². The van der Waals surface area contributed by atoms with Crippen molar-refractivity contribution in [1.82, 2.24) is 15.2 Å². The smallest absolute Gasteiger partial charge is 0.153 e. The highest BCUT2D eigenvalue weighted by Crippen LogP contribution is 2.28. The lowest BCUT2D eigenvalue weighted by Crippen LogP contribution is -1.97. The lowest BCUT2D eigenvalue weighted by atomic mass is 9.99. The molecule has 0 bridgehead atoms. The van der Waals surface area contributed by atoms with Crippen molar-refractivity contribution in [3.63, 3.8) is 0 Å². The van der Waals surface area contributed by atoms with Crippen molar-refractivity contribution < 1.29 is 0 Å². The summed E-state index contributed by atoms with van der Waals surface area (Å²) in [5, 5.41) is 7.21. The molecule has 0 saturated heterocycles. The van der Waals surface area contributed by atoms with Crippen LogP contribution in [0.2, 0.25) is 0 Å². The normalized spacial score (nSPS) is 10.7. The van der Waals surface area contributed by atoms with Crippen LogP contribution in [0, 0.1) is 6.92 Å². The summed E-state index contributed by atoms with van der Waals surface area (Å²) in [5.41, 5.74) is 11.7. The minimum atomic E-state index is 0.530. The Morgan fingerprint density at radius 3 is 2.71 bits per heavy atom. The van der Waals surface area contributed by atoms with Gasteiger partial charge in [0, 0.05) is 29.2 Å². The average Bonchev–Trinajstić information content (AvgIpc) is 2.88. The highest BCUT2D eigenvalue weighted by molar-refractivity contribution is 5.75. The first-order chi connectivity index (χ1) is 10.3. The predicted molar refractivity (Wildman–Crippen MR) is 84.8 cm³/mol. The first kappa shape index (κ1) is 13.4. The van der Waals surface area contributed by atoms with Crippen LogP contribution in [0.3, 0.4) is 0 Å². The molecule has 3 N–H and O–H groups in total. The summed E-state index contributed by atoms with van der Waals surface area (Å²) in [4.78, 5) is 4.16. The highest BCUT2D eigenvalue weighted by Gasteiger charge is 2.13. The second-order valence-corrected chi connectivity index (χ2v) is 5.13. The molecular weight excluding hydrogens is 260 g/mol. The zero-order valence-electron chi connectivity index (χ0n) is 12.0. The van der Waals surface area contributed by atoms with Crippen molar-refractivity contribution in [1.29, 1.82) is 0 Å². The molecule has 1 aromatic carbocycles. The van der Waals surface area contributed by atoms with Crippen LogP contribution in [0.5, 0.6) is 0 Å². The molecule has 3 rings (SSSR count). The van der Waals surface area contributed by atoms with Gasteiger partial charge in [-0.25, -0.2) is 0 Å². The van der Waals surface area contributed by atoms with Gasteiger partial charge in [-0.05, 0) is 37.0 Å². The van der Waals surface area contributed by atoms with Gasteiger partial charge in [-0.15, -0.1) is 0 Å². The number of benzene rings is 1. The van der Waals surface area contributed by atoms with Crippen molar-refractivity contribution in [2.75, 3.05) is 5.73 Å². The summed E-state index contributed by atoms with van der Waals surface area (Å²) in [5.74, 6) is 0.530. The summed E-state index contributed by atoms with van der Waals surface area (Å²) in [6, 6.07) is 12.4. The van der Waals surface area contributed by atoms with E-state index < -0.39 is 0 Å². The summed E-state index contributed by atoms with van der Waals surface area (Å²) in [6.07, 6.45) is 5.41. The minimum absolute atomic E-state index is 0.530. The molecule has 0 aliphatic rings. The molecule has 4 heteroatoms. The van der Waals surface area contributed by atoms with Crippen LogP contribution in [0.25, 0.3) is 11.1 Å².